The van der Waals surface area contributed by atoms with Crippen LogP contribution in [0.15, 0.2) is 5.38 Å². The largest absolute Gasteiger partial charge is 0.465 e. The second-order valence-corrected chi connectivity index (χ2v) is 5.96. The van der Waals surface area contributed by atoms with Gasteiger partial charge in [0.1, 0.15) is 16.3 Å². The lowest BCUT2D eigenvalue weighted by atomic mass is 10.3. The average molecular weight is 304 g/mol. The first-order chi connectivity index (χ1) is 8.52. The standard InChI is InChI=1S/C10H10ClN3O2S2/c1-14(2)10-12-5(4-17-10)6-7(8(15)16-3)18-9(11)13-6/h4H,1-3H3. The number of methoxy groups -OCH3 is 1. The van der Waals surface area contributed by atoms with Gasteiger partial charge in [0.15, 0.2) is 9.60 Å². The van der Waals surface area contributed by atoms with Crippen molar-refractivity contribution < 1.29 is 9.53 Å². The number of aromatic nitrogens is 2. The van der Waals surface area contributed by atoms with Crippen molar-refractivity contribution in [2.45, 2.75) is 0 Å². The van der Waals surface area contributed by atoms with E-state index in [4.69, 9.17) is 16.3 Å². The molecule has 0 N–H and O–H groups in total. The summed E-state index contributed by atoms with van der Waals surface area (Å²) in [5.41, 5.74) is 1.11. The van der Waals surface area contributed by atoms with Gasteiger partial charge in [0.05, 0.1) is 7.11 Å². The minimum Gasteiger partial charge on any atom is -0.465 e. The van der Waals surface area contributed by atoms with Gasteiger partial charge in [0, 0.05) is 19.5 Å². The average Bonchev–Trinajstić information content (AvgIpc) is 2.93. The Bertz CT molecular complexity index is 579. The first-order valence-corrected chi connectivity index (χ1v) is 6.98. The van der Waals surface area contributed by atoms with Crippen molar-refractivity contribution in [3.05, 3.63) is 14.7 Å². The molecule has 2 heterocycles. The third kappa shape index (κ3) is 2.47. The van der Waals surface area contributed by atoms with Gasteiger partial charge in [0.25, 0.3) is 0 Å². The Morgan fingerprint density at radius 3 is 2.72 bits per heavy atom. The highest BCUT2D eigenvalue weighted by Crippen LogP contribution is 2.33. The molecule has 18 heavy (non-hydrogen) atoms. The van der Waals surface area contributed by atoms with E-state index >= 15 is 0 Å². The van der Waals surface area contributed by atoms with Gasteiger partial charge < -0.3 is 9.64 Å². The number of carbonyl (C=O) groups is 1. The minimum absolute atomic E-state index is 0.296. The first kappa shape index (κ1) is 13.3. The summed E-state index contributed by atoms with van der Waals surface area (Å²) in [5.74, 6) is -0.450. The Kier molecular flexibility index (Phi) is 3.84. The summed E-state index contributed by atoms with van der Waals surface area (Å²) >= 11 is 8.42. The Morgan fingerprint density at radius 2 is 2.17 bits per heavy atom. The second-order valence-electron chi connectivity index (χ2n) is 3.55. The van der Waals surface area contributed by atoms with Crippen LogP contribution < -0.4 is 4.90 Å². The third-order valence-corrected chi connectivity index (χ3v) is 4.24. The maximum absolute atomic E-state index is 11.6. The number of hydrogen-bond donors (Lipinski definition) is 0. The van der Waals surface area contributed by atoms with Crippen molar-refractivity contribution in [3.63, 3.8) is 0 Å². The maximum Gasteiger partial charge on any atom is 0.350 e. The van der Waals surface area contributed by atoms with Gasteiger partial charge >= 0.3 is 5.97 Å². The lowest BCUT2D eigenvalue weighted by molar-refractivity contribution is 0.0607. The molecule has 0 bridgehead atoms. The van der Waals surface area contributed by atoms with Crippen LogP contribution >= 0.6 is 34.3 Å². The van der Waals surface area contributed by atoms with E-state index in [0.29, 0.717) is 20.7 Å². The fraction of sp³-hybridized carbons (Fsp3) is 0.300. The molecular formula is C10H10ClN3O2S2. The molecule has 0 atom stereocenters. The van der Waals surface area contributed by atoms with E-state index in [1.165, 1.54) is 18.4 Å². The molecule has 0 saturated carbocycles. The van der Waals surface area contributed by atoms with Gasteiger partial charge in [-0.1, -0.05) is 22.9 Å². The van der Waals surface area contributed by atoms with Gasteiger partial charge in [-0.15, -0.1) is 11.3 Å². The van der Waals surface area contributed by atoms with Crippen molar-refractivity contribution in [1.29, 1.82) is 0 Å². The van der Waals surface area contributed by atoms with E-state index < -0.39 is 5.97 Å². The Morgan fingerprint density at radius 1 is 1.44 bits per heavy atom. The molecule has 0 amide bonds. The zero-order chi connectivity index (χ0) is 13.3. The number of thiazole rings is 2. The fourth-order valence-electron chi connectivity index (χ4n) is 1.28. The summed E-state index contributed by atoms with van der Waals surface area (Å²) in [4.78, 5) is 22.4. The smallest absolute Gasteiger partial charge is 0.350 e. The first-order valence-electron chi connectivity index (χ1n) is 4.90. The van der Waals surface area contributed by atoms with Gasteiger partial charge in [-0.05, 0) is 0 Å². The molecule has 0 aliphatic rings. The zero-order valence-electron chi connectivity index (χ0n) is 9.93. The summed E-state index contributed by atoms with van der Waals surface area (Å²) in [7, 11) is 5.13. The number of ether oxygens (including phenoxy) is 1. The number of anilines is 1. The fourth-order valence-corrected chi connectivity index (χ4v) is 3.06. The summed E-state index contributed by atoms with van der Waals surface area (Å²) in [5, 5.41) is 2.68. The number of nitrogens with zero attached hydrogens (tertiary/aromatic N) is 3. The summed E-state index contributed by atoms with van der Waals surface area (Å²) < 4.78 is 5.00. The SMILES string of the molecule is COC(=O)c1sc(Cl)nc1-c1csc(N(C)C)n1. The van der Waals surface area contributed by atoms with Crippen LogP contribution in [-0.4, -0.2) is 37.1 Å². The Labute approximate surface area is 117 Å². The highest BCUT2D eigenvalue weighted by Gasteiger charge is 2.21. The predicted molar refractivity (Wildman–Crippen MR) is 73.9 cm³/mol. The van der Waals surface area contributed by atoms with E-state index in [9.17, 15) is 4.79 Å². The minimum atomic E-state index is -0.450. The van der Waals surface area contributed by atoms with Crippen LogP contribution in [0.2, 0.25) is 4.47 Å². The second kappa shape index (κ2) is 5.21. The highest BCUT2D eigenvalue weighted by atomic mass is 35.5. The zero-order valence-corrected chi connectivity index (χ0v) is 12.3. The van der Waals surface area contributed by atoms with Gasteiger partial charge in [-0.3, -0.25) is 0 Å². The Balaban J connectivity index is 2.46. The van der Waals surface area contributed by atoms with Crippen molar-refractivity contribution >= 4 is 45.4 Å². The number of esters is 1. The molecule has 0 aromatic carbocycles. The van der Waals surface area contributed by atoms with Crippen LogP contribution in [0.1, 0.15) is 9.67 Å². The quantitative estimate of drug-likeness (QED) is 0.816. The molecule has 0 radical (unpaired) electrons. The molecule has 2 aromatic heterocycles. The lowest BCUT2D eigenvalue weighted by Crippen LogP contribution is -2.08. The number of halogens is 1. The lowest BCUT2D eigenvalue weighted by Gasteiger charge is -2.05. The molecule has 0 aliphatic heterocycles. The van der Waals surface area contributed by atoms with Crippen LogP contribution in [-0.2, 0) is 4.74 Å². The van der Waals surface area contributed by atoms with Crippen LogP contribution in [0.25, 0.3) is 11.4 Å². The molecule has 2 rings (SSSR count). The van der Waals surface area contributed by atoms with Crippen molar-refractivity contribution in [2.24, 2.45) is 0 Å². The predicted octanol–water partition coefficient (Wildman–Crippen LogP) is 2.77. The molecule has 8 heteroatoms. The molecule has 0 fully saturated rings. The molecule has 0 aliphatic carbocycles. The maximum atomic E-state index is 11.6. The van der Waals surface area contributed by atoms with E-state index in [2.05, 4.69) is 9.97 Å². The Hall–Kier alpha value is -1.18. The molecule has 0 unspecified atom stereocenters. The molecule has 0 spiro atoms. The molecule has 5 nitrogen and oxygen atoms in total. The topological polar surface area (TPSA) is 55.3 Å². The van der Waals surface area contributed by atoms with Gasteiger partial charge in [0.2, 0.25) is 0 Å². The molecule has 0 saturated heterocycles. The van der Waals surface area contributed by atoms with Crippen molar-refractivity contribution in [2.75, 3.05) is 26.1 Å². The van der Waals surface area contributed by atoms with E-state index in [-0.39, 0.29) is 0 Å². The van der Waals surface area contributed by atoms with Gasteiger partial charge in [-0.2, -0.15) is 0 Å². The van der Waals surface area contributed by atoms with E-state index in [1.54, 1.807) is 0 Å². The number of rotatable bonds is 3. The monoisotopic (exact) mass is 303 g/mol. The van der Waals surface area contributed by atoms with Crippen molar-refractivity contribution in [1.82, 2.24) is 9.97 Å². The number of hydrogen-bond acceptors (Lipinski definition) is 7. The van der Waals surface area contributed by atoms with Gasteiger partial charge in [-0.25, -0.2) is 14.8 Å². The molecule has 96 valence electrons. The summed E-state index contributed by atoms with van der Waals surface area (Å²) in [6.07, 6.45) is 0. The summed E-state index contributed by atoms with van der Waals surface area (Å²) in [6, 6.07) is 0. The molecular weight excluding hydrogens is 294 g/mol. The van der Waals surface area contributed by atoms with Crippen LogP contribution in [0.3, 0.4) is 0 Å². The summed E-state index contributed by atoms with van der Waals surface area (Å²) in [6.45, 7) is 0. The van der Waals surface area contributed by atoms with Crippen LogP contribution in [0.4, 0.5) is 5.13 Å². The number of carbonyl (C=O) groups excluding carboxylic acids is 1. The highest BCUT2D eigenvalue weighted by molar-refractivity contribution is 7.18. The normalized spacial score (nSPS) is 10.4. The van der Waals surface area contributed by atoms with E-state index in [0.717, 1.165) is 16.5 Å². The van der Waals surface area contributed by atoms with Crippen molar-refractivity contribution in [3.8, 4) is 11.4 Å². The molecule has 2 aromatic rings. The van der Waals surface area contributed by atoms with Crippen LogP contribution in [0.5, 0.6) is 0 Å². The third-order valence-electron chi connectivity index (χ3n) is 2.09. The van der Waals surface area contributed by atoms with E-state index in [1.807, 2.05) is 24.4 Å². The van der Waals surface area contributed by atoms with Crippen LogP contribution in [0, 0.1) is 0 Å².